The number of nitrogens with zero attached hydrogens (tertiary/aromatic N) is 1. The van der Waals surface area contributed by atoms with Gasteiger partial charge in [0.05, 0.1) is 4.90 Å². The lowest BCUT2D eigenvalue weighted by Crippen LogP contribution is -2.46. The van der Waals surface area contributed by atoms with Crippen molar-refractivity contribution in [1.29, 1.82) is 0 Å². The number of hydrogen-bond acceptors (Lipinski definition) is 2. The summed E-state index contributed by atoms with van der Waals surface area (Å²) in [5, 5.41) is 0. The highest BCUT2D eigenvalue weighted by molar-refractivity contribution is 7.89. The second-order valence-electron chi connectivity index (χ2n) is 5.24. The lowest BCUT2D eigenvalue weighted by molar-refractivity contribution is 0.202. The summed E-state index contributed by atoms with van der Waals surface area (Å²) in [6, 6.07) is 7.30. The minimum Gasteiger partial charge on any atom is -0.207 e. The maximum Gasteiger partial charge on any atom is 0.243 e. The highest BCUT2D eigenvalue weighted by atomic mass is 32.2. The van der Waals surface area contributed by atoms with Crippen LogP contribution in [0.4, 0.5) is 0 Å². The Hall–Kier alpha value is -0.870. The van der Waals surface area contributed by atoms with Crippen molar-refractivity contribution in [3.05, 3.63) is 29.8 Å². The van der Waals surface area contributed by atoms with Gasteiger partial charge in [-0.05, 0) is 44.2 Å². The third kappa shape index (κ3) is 2.31. The number of aryl methyl sites for hydroxylation is 1. The summed E-state index contributed by atoms with van der Waals surface area (Å²) in [6.45, 7) is 6.64. The fourth-order valence-corrected chi connectivity index (χ4v) is 4.60. The van der Waals surface area contributed by atoms with Crippen LogP contribution in [-0.4, -0.2) is 25.3 Å². The summed E-state index contributed by atoms with van der Waals surface area (Å²) in [6.07, 6.45) is 2.07. The Morgan fingerprint density at radius 3 is 2.56 bits per heavy atom. The van der Waals surface area contributed by atoms with Crippen LogP contribution in [0, 0.1) is 12.8 Å². The molecule has 3 nitrogen and oxygen atoms in total. The summed E-state index contributed by atoms with van der Waals surface area (Å²) in [4.78, 5) is 0.450. The molecule has 2 unspecified atom stereocenters. The molecular formula is C14H21NO2S. The van der Waals surface area contributed by atoms with Crippen LogP contribution in [0.25, 0.3) is 0 Å². The SMILES string of the molecule is Cc1ccccc1S(=O)(=O)N1CCCC(C)C1C. The molecule has 2 atom stereocenters. The lowest BCUT2D eigenvalue weighted by Gasteiger charge is -2.37. The third-order valence-electron chi connectivity index (χ3n) is 4.00. The molecule has 1 aliphatic heterocycles. The van der Waals surface area contributed by atoms with Crippen LogP contribution >= 0.6 is 0 Å². The monoisotopic (exact) mass is 267 g/mol. The van der Waals surface area contributed by atoms with Crippen LogP contribution < -0.4 is 0 Å². The summed E-state index contributed by atoms with van der Waals surface area (Å²) in [5.41, 5.74) is 0.822. The van der Waals surface area contributed by atoms with Gasteiger partial charge in [0.25, 0.3) is 0 Å². The zero-order valence-corrected chi connectivity index (χ0v) is 12.1. The summed E-state index contributed by atoms with van der Waals surface area (Å²) in [7, 11) is -3.34. The summed E-state index contributed by atoms with van der Waals surface area (Å²) < 4.78 is 27.1. The zero-order chi connectivity index (χ0) is 13.3. The predicted octanol–water partition coefficient (Wildman–Crippen LogP) is 2.80. The molecule has 0 radical (unpaired) electrons. The molecule has 1 aromatic rings. The Kier molecular flexibility index (Phi) is 3.78. The molecule has 1 aliphatic rings. The first-order valence-corrected chi connectivity index (χ1v) is 7.96. The van der Waals surface area contributed by atoms with Gasteiger partial charge in [0.1, 0.15) is 0 Å². The van der Waals surface area contributed by atoms with E-state index in [1.54, 1.807) is 16.4 Å². The van der Waals surface area contributed by atoms with Gasteiger partial charge in [0.2, 0.25) is 10.0 Å². The Morgan fingerprint density at radius 2 is 1.89 bits per heavy atom. The Bertz CT molecular complexity index is 524. The molecule has 100 valence electrons. The minimum absolute atomic E-state index is 0.0864. The zero-order valence-electron chi connectivity index (χ0n) is 11.3. The van der Waals surface area contributed by atoms with Crippen molar-refractivity contribution < 1.29 is 8.42 Å². The van der Waals surface area contributed by atoms with Gasteiger partial charge in [-0.25, -0.2) is 8.42 Å². The van der Waals surface area contributed by atoms with Crippen molar-refractivity contribution in [1.82, 2.24) is 4.31 Å². The van der Waals surface area contributed by atoms with Gasteiger partial charge < -0.3 is 0 Å². The van der Waals surface area contributed by atoms with E-state index < -0.39 is 10.0 Å². The molecule has 1 saturated heterocycles. The van der Waals surface area contributed by atoms with Crippen molar-refractivity contribution in [2.24, 2.45) is 5.92 Å². The predicted molar refractivity (Wildman–Crippen MR) is 72.9 cm³/mol. The van der Waals surface area contributed by atoms with E-state index in [9.17, 15) is 8.42 Å². The van der Waals surface area contributed by atoms with Crippen LogP contribution in [0.3, 0.4) is 0 Å². The van der Waals surface area contributed by atoms with Gasteiger partial charge >= 0.3 is 0 Å². The lowest BCUT2D eigenvalue weighted by atomic mass is 9.94. The van der Waals surface area contributed by atoms with Crippen LogP contribution in [0.15, 0.2) is 29.2 Å². The van der Waals surface area contributed by atoms with E-state index in [0.29, 0.717) is 17.4 Å². The normalized spacial score (nSPS) is 26.2. The molecule has 0 N–H and O–H groups in total. The molecular weight excluding hydrogens is 246 g/mol. The largest absolute Gasteiger partial charge is 0.243 e. The number of rotatable bonds is 2. The quantitative estimate of drug-likeness (QED) is 0.826. The van der Waals surface area contributed by atoms with E-state index >= 15 is 0 Å². The molecule has 0 aliphatic carbocycles. The fraction of sp³-hybridized carbons (Fsp3) is 0.571. The first-order valence-electron chi connectivity index (χ1n) is 6.52. The average molecular weight is 267 g/mol. The first-order chi connectivity index (χ1) is 8.44. The first kappa shape index (κ1) is 13.6. The molecule has 1 heterocycles. The number of benzene rings is 1. The van der Waals surface area contributed by atoms with Gasteiger partial charge in [0, 0.05) is 12.6 Å². The Morgan fingerprint density at radius 1 is 1.22 bits per heavy atom. The molecule has 0 bridgehead atoms. The Balaban J connectivity index is 2.40. The van der Waals surface area contributed by atoms with Gasteiger partial charge in [0.15, 0.2) is 0 Å². The second kappa shape index (κ2) is 5.02. The molecule has 0 spiro atoms. The third-order valence-corrected chi connectivity index (χ3v) is 6.14. The van der Waals surface area contributed by atoms with E-state index in [-0.39, 0.29) is 6.04 Å². The highest BCUT2D eigenvalue weighted by Gasteiger charge is 2.34. The van der Waals surface area contributed by atoms with Gasteiger partial charge in [-0.3, -0.25) is 0 Å². The van der Waals surface area contributed by atoms with E-state index in [2.05, 4.69) is 6.92 Å². The van der Waals surface area contributed by atoms with Crippen molar-refractivity contribution in [3.63, 3.8) is 0 Å². The van der Waals surface area contributed by atoms with E-state index in [0.717, 1.165) is 18.4 Å². The Labute approximate surface area is 110 Å². The van der Waals surface area contributed by atoms with E-state index in [4.69, 9.17) is 0 Å². The highest BCUT2D eigenvalue weighted by Crippen LogP contribution is 2.29. The molecule has 0 amide bonds. The molecule has 0 saturated carbocycles. The van der Waals surface area contributed by atoms with Crippen molar-refractivity contribution in [2.45, 2.75) is 44.6 Å². The maximum absolute atomic E-state index is 12.7. The standard InChI is InChI=1S/C14H21NO2S/c1-11-8-6-10-15(13(11)3)18(16,17)14-9-5-4-7-12(14)2/h4-5,7,9,11,13H,6,8,10H2,1-3H3. The molecule has 1 fully saturated rings. The molecule has 2 rings (SSSR count). The van der Waals surface area contributed by atoms with Gasteiger partial charge in [-0.2, -0.15) is 4.31 Å². The van der Waals surface area contributed by atoms with Crippen LogP contribution in [0.2, 0.25) is 0 Å². The number of piperidine rings is 1. The van der Waals surface area contributed by atoms with Crippen molar-refractivity contribution in [2.75, 3.05) is 6.54 Å². The van der Waals surface area contributed by atoms with E-state index in [1.807, 2.05) is 26.0 Å². The molecule has 18 heavy (non-hydrogen) atoms. The molecule has 1 aromatic carbocycles. The van der Waals surface area contributed by atoms with Crippen LogP contribution in [0.5, 0.6) is 0 Å². The topological polar surface area (TPSA) is 37.4 Å². The fourth-order valence-electron chi connectivity index (χ4n) is 2.61. The van der Waals surface area contributed by atoms with Gasteiger partial charge in [-0.1, -0.05) is 25.1 Å². The smallest absolute Gasteiger partial charge is 0.207 e. The molecule has 4 heteroatoms. The summed E-state index contributed by atoms with van der Waals surface area (Å²) >= 11 is 0. The summed E-state index contributed by atoms with van der Waals surface area (Å²) in [5.74, 6) is 0.428. The van der Waals surface area contributed by atoms with E-state index in [1.165, 1.54) is 0 Å². The second-order valence-corrected chi connectivity index (χ2v) is 7.10. The van der Waals surface area contributed by atoms with Crippen LogP contribution in [-0.2, 0) is 10.0 Å². The maximum atomic E-state index is 12.7. The minimum atomic E-state index is -3.34. The number of hydrogen-bond donors (Lipinski definition) is 0. The average Bonchev–Trinajstić information content (AvgIpc) is 2.32. The van der Waals surface area contributed by atoms with Crippen molar-refractivity contribution in [3.8, 4) is 0 Å². The number of sulfonamides is 1. The van der Waals surface area contributed by atoms with Gasteiger partial charge in [-0.15, -0.1) is 0 Å². The van der Waals surface area contributed by atoms with Crippen LogP contribution in [0.1, 0.15) is 32.3 Å². The molecule has 0 aromatic heterocycles. The van der Waals surface area contributed by atoms with Crippen molar-refractivity contribution >= 4 is 10.0 Å².